The third-order valence-electron chi connectivity index (χ3n) is 2.53. The number of nitriles is 1. The number of non-ortho nitro benzene ring substituents is 1. The number of nitro groups is 1. The van der Waals surface area contributed by atoms with Gasteiger partial charge in [0.15, 0.2) is 0 Å². The minimum absolute atomic E-state index is 0.0336. The largest absolute Gasteiger partial charge is 0.324 e. The fourth-order valence-corrected chi connectivity index (χ4v) is 1.51. The van der Waals surface area contributed by atoms with Crippen molar-refractivity contribution >= 4 is 17.3 Å². The van der Waals surface area contributed by atoms with E-state index in [9.17, 15) is 14.9 Å². The van der Waals surface area contributed by atoms with Gasteiger partial charge < -0.3 is 11.1 Å². The SMILES string of the molecule is CCC[C@@H](N)C(=O)Nc1ccc([N+](=O)[O-])cc1C#N. The van der Waals surface area contributed by atoms with E-state index < -0.39 is 16.9 Å². The van der Waals surface area contributed by atoms with E-state index in [-0.39, 0.29) is 16.9 Å². The van der Waals surface area contributed by atoms with Crippen LogP contribution in [0.1, 0.15) is 25.3 Å². The van der Waals surface area contributed by atoms with Crippen molar-refractivity contribution in [2.24, 2.45) is 5.73 Å². The summed E-state index contributed by atoms with van der Waals surface area (Å²) in [6.07, 6.45) is 1.29. The number of hydrogen-bond donors (Lipinski definition) is 2. The molecule has 0 saturated heterocycles. The molecule has 0 aromatic heterocycles. The Labute approximate surface area is 110 Å². The number of nitrogens with two attached hydrogens (primary N) is 1. The number of carbonyl (C=O) groups excluding carboxylic acids is 1. The molecule has 7 heteroatoms. The maximum absolute atomic E-state index is 11.7. The van der Waals surface area contributed by atoms with E-state index in [2.05, 4.69) is 5.32 Å². The van der Waals surface area contributed by atoms with E-state index in [1.54, 1.807) is 0 Å². The van der Waals surface area contributed by atoms with Crippen LogP contribution in [-0.4, -0.2) is 16.9 Å². The van der Waals surface area contributed by atoms with E-state index >= 15 is 0 Å². The Morgan fingerprint density at radius 3 is 2.84 bits per heavy atom. The summed E-state index contributed by atoms with van der Waals surface area (Å²) in [5, 5.41) is 22.0. The van der Waals surface area contributed by atoms with Gasteiger partial charge >= 0.3 is 0 Å². The fraction of sp³-hybridized carbons (Fsp3) is 0.333. The van der Waals surface area contributed by atoms with Crippen molar-refractivity contribution in [3.63, 3.8) is 0 Å². The lowest BCUT2D eigenvalue weighted by molar-refractivity contribution is -0.384. The van der Waals surface area contributed by atoms with Crippen molar-refractivity contribution in [1.29, 1.82) is 5.26 Å². The Balaban J connectivity index is 2.93. The second kappa shape index (κ2) is 6.47. The number of nitrogens with one attached hydrogen (secondary N) is 1. The van der Waals surface area contributed by atoms with Crippen molar-refractivity contribution in [2.75, 3.05) is 5.32 Å². The molecule has 0 radical (unpaired) electrons. The smallest absolute Gasteiger partial charge is 0.270 e. The van der Waals surface area contributed by atoms with Crippen molar-refractivity contribution in [3.8, 4) is 6.07 Å². The molecule has 0 unspecified atom stereocenters. The third-order valence-corrected chi connectivity index (χ3v) is 2.53. The number of rotatable bonds is 5. The summed E-state index contributed by atoms with van der Waals surface area (Å²) in [5.74, 6) is -0.410. The predicted octanol–water partition coefficient (Wildman–Crippen LogP) is 1.53. The average molecular weight is 262 g/mol. The van der Waals surface area contributed by atoms with Crippen molar-refractivity contribution in [2.45, 2.75) is 25.8 Å². The molecular formula is C12H14N4O3. The summed E-state index contributed by atoms with van der Waals surface area (Å²) in [5.41, 5.74) is 5.70. The van der Waals surface area contributed by atoms with Crippen LogP contribution in [0.3, 0.4) is 0 Å². The molecule has 1 rings (SSSR count). The molecule has 100 valence electrons. The van der Waals surface area contributed by atoms with Crippen LogP contribution in [0.25, 0.3) is 0 Å². The molecule has 1 atom stereocenters. The van der Waals surface area contributed by atoms with E-state index in [1.165, 1.54) is 12.1 Å². The highest BCUT2D eigenvalue weighted by atomic mass is 16.6. The van der Waals surface area contributed by atoms with E-state index in [0.717, 1.165) is 12.5 Å². The maximum Gasteiger partial charge on any atom is 0.270 e. The number of amides is 1. The summed E-state index contributed by atoms with van der Waals surface area (Å²) < 4.78 is 0. The van der Waals surface area contributed by atoms with E-state index in [1.807, 2.05) is 13.0 Å². The molecule has 1 amide bonds. The molecule has 19 heavy (non-hydrogen) atoms. The summed E-state index contributed by atoms with van der Waals surface area (Å²) in [7, 11) is 0. The fourth-order valence-electron chi connectivity index (χ4n) is 1.51. The molecule has 0 aliphatic carbocycles. The van der Waals surface area contributed by atoms with Crippen LogP contribution in [0.15, 0.2) is 18.2 Å². The van der Waals surface area contributed by atoms with Crippen LogP contribution in [-0.2, 0) is 4.79 Å². The van der Waals surface area contributed by atoms with Gasteiger partial charge in [-0.05, 0) is 12.5 Å². The zero-order chi connectivity index (χ0) is 14.4. The highest BCUT2D eigenvalue weighted by molar-refractivity contribution is 5.95. The van der Waals surface area contributed by atoms with Crippen LogP contribution < -0.4 is 11.1 Å². The van der Waals surface area contributed by atoms with Gasteiger partial charge in [0, 0.05) is 12.1 Å². The van der Waals surface area contributed by atoms with Gasteiger partial charge in [0.2, 0.25) is 5.91 Å². The second-order valence-corrected chi connectivity index (χ2v) is 3.98. The van der Waals surface area contributed by atoms with E-state index in [0.29, 0.717) is 6.42 Å². The normalized spacial score (nSPS) is 11.4. The number of hydrogen-bond acceptors (Lipinski definition) is 5. The maximum atomic E-state index is 11.7. The van der Waals surface area contributed by atoms with Crippen molar-refractivity contribution in [1.82, 2.24) is 0 Å². The minimum Gasteiger partial charge on any atom is -0.324 e. The zero-order valence-corrected chi connectivity index (χ0v) is 10.4. The summed E-state index contributed by atoms with van der Waals surface area (Å²) in [4.78, 5) is 21.7. The summed E-state index contributed by atoms with van der Waals surface area (Å²) in [6, 6.07) is 4.81. The van der Waals surface area contributed by atoms with Gasteiger partial charge in [-0.2, -0.15) is 5.26 Å². The van der Waals surface area contributed by atoms with Gasteiger partial charge in [-0.3, -0.25) is 14.9 Å². The lowest BCUT2D eigenvalue weighted by Crippen LogP contribution is -2.35. The summed E-state index contributed by atoms with van der Waals surface area (Å²) in [6.45, 7) is 1.90. The first-order valence-corrected chi connectivity index (χ1v) is 5.74. The highest BCUT2D eigenvalue weighted by Gasteiger charge is 2.16. The number of benzene rings is 1. The lowest BCUT2D eigenvalue weighted by atomic mass is 10.1. The van der Waals surface area contributed by atoms with Crippen LogP contribution in [0.5, 0.6) is 0 Å². The number of carbonyl (C=O) groups is 1. The van der Waals surface area contributed by atoms with Crippen molar-refractivity contribution < 1.29 is 9.72 Å². The molecule has 0 aliphatic heterocycles. The monoisotopic (exact) mass is 262 g/mol. The Bertz CT molecular complexity index is 536. The minimum atomic E-state index is -0.660. The molecule has 0 fully saturated rings. The molecule has 3 N–H and O–H groups in total. The second-order valence-electron chi connectivity index (χ2n) is 3.98. The Kier molecular flexibility index (Phi) is 4.97. The average Bonchev–Trinajstić information content (AvgIpc) is 2.39. The molecule has 0 saturated carbocycles. The molecule has 0 aliphatic rings. The third kappa shape index (κ3) is 3.76. The predicted molar refractivity (Wildman–Crippen MR) is 69.3 cm³/mol. The Morgan fingerprint density at radius 2 is 2.32 bits per heavy atom. The van der Waals surface area contributed by atoms with Gasteiger partial charge in [-0.25, -0.2) is 0 Å². The zero-order valence-electron chi connectivity index (χ0n) is 10.4. The van der Waals surface area contributed by atoms with Gasteiger partial charge in [-0.15, -0.1) is 0 Å². The van der Waals surface area contributed by atoms with Crippen LogP contribution in [0.2, 0.25) is 0 Å². The molecule has 7 nitrogen and oxygen atoms in total. The van der Waals surface area contributed by atoms with Crippen LogP contribution >= 0.6 is 0 Å². The molecule has 0 heterocycles. The standard InChI is InChI=1S/C12H14N4O3/c1-2-3-10(14)12(17)15-11-5-4-9(16(18)19)6-8(11)7-13/h4-6,10H,2-3,14H2,1H3,(H,15,17)/t10-/m1/s1. The van der Waals surface area contributed by atoms with Crippen LogP contribution in [0.4, 0.5) is 11.4 Å². The van der Waals surface area contributed by atoms with Gasteiger partial charge in [0.1, 0.15) is 6.07 Å². The number of anilines is 1. The molecule has 0 bridgehead atoms. The van der Waals surface area contributed by atoms with E-state index in [4.69, 9.17) is 11.0 Å². The van der Waals surface area contributed by atoms with Gasteiger partial charge in [0.25, 0.3) is 5.69 Å². The summed E-state index contributed by atoms with van der Waals surface area (Å²) >= 11 is 0. The van der Waals surface area contributed by atoms with Crippen LogP contribution in [0, 0.1) is 21.4 Å². The molecule has 1 aromatic carbocycles. The Morgan fingerprint density at radius 1 is 1.63 bits per heavy atom. The quantitative estimate of drug-likeness (QED) is 0.615. The Hall–Kier alpha value is -2.46. The van der Waals surface area contributed by atoms with Gasteiger partial charge in [0.05, 0.1) is 22.2 Å². The lowest BCUT2D eigenvalue weighted by Gasteiger charge is -2.11. The topological polar surface area (TPSA) is 122 Å². The molecular weight excluding hydrogens is 248 g/mol. The van der Waals surface area contributed by atoms with Gasteiger partial charge in [-0.1, -0.05) is 13.3 Å². The first-order chi connectivity index (χ1) is 8.99. The first-order valence-electron chi connectivity index (χ1n) is 5.74. The van der Waals surface area contributed by atoms with Crippen molar-refractivity contribution in [3.05, 3.63) is 33.9 Å². The molecule has 0 spiro atoms. The molecule has 1 aromatic rings. The highest BCUT2D eigenvalue weighted by Crippen LogP contribution is 2.21. The first kappa shape index (κ1) is 14.6. The number of nitrogens with zero attached hydrogens (tertiary/aromatic N) is 2. The number of nitro benzene ring substituents is 1.